The van der Waals surface area contributed by atoms with Crippen LogP contribution in [0.1, 0.15) is 94.0 Å². The van der Waals surface area contributed by atoms with E-state index in [1.54, 1.807) is 103 Å². The first-order valence-corrected chi connectivity index (χ1v) is 59.0. The molecule has 0 saturated heterocycles. The third kappa shape index (κ3) is 40.6. The number of sulfonamides is 3. The molecular weight excluding hydrogens is 2180 g/mol. The van der Waals surface area contributed by atoms with Gasteiger partial charge in [-0.25, -0.2) is 56.3 Å². The fourth-order valence-electron chi connectivity index (χ4n) is 15.8. The minimum absolute atomic E-state index is 0. The summed E-state index contributed by atoms with van der Waals surface area (Å²) in [6, 6.07) is 61.2. The van der Waals surface area contributed by atoms with Crippen molar-refractivity contribution >= 4 is 163 Å². The Morgan fingerprint density at radius 2 is 0.621 bits per heavy atom. The number of sulfone groups is 2. The average molecular weight is 2310 g/mol. The van der Waals surface area contributed by atoms with Gasteiger partial charge in [-0.3, -0.25) is 0 Å². The quantitative estimate of drug-likeness (QED) is 0.0257. The Bertz CT molecular complexity index is 6200. The van der Waals surface area contributed by atoms with Crippen LogP contribution in [0.5, 0.6) is 0 Å². The normalized spacial score (nSPS) is 14.8. The molecule has 0 radical (unpaired) electrons. The second-order valence-electron chi connectivity index (χ2n) is 33.3. The number of fused-ring (bicyclic) bond motifs is 3. The van der Waals surface area contributed by atoms with Gasteiger partial charge in [-0.05, 0) is 277 Å². The maximum Gasteiger partial charge on any atom is 0.240 e. The van der Waals surface area contributed by atoms with E-state index in [0.29, 0.717) is 140 Å². The Balaban J connectivity index is 0.000000318. The summed E-state index contributed by atoms with van der Waals surface area (Å²) in [7, 11) is 3.29. The van der Waals surface area contributed by atoms with Crippen LogP contribution in [0.4, 0.5) is 0 Å². The summed E-state index contributed by atoms with van der Waals surface area (Å²) >= 11 is 38.3. The largest absolute Gasteiger partial charge is 0.412 e. The molecule has 3 heterocycles. The summed E-state index contributed by atoms with van der Waals surface area (Å²) < 4.78 is 184. The van der Waals surface area contributed by atoms with Crippen molar-refractivity contribution in [3.63, 3.8) is 0 Å². The van der Waals surface area contributed by atoms with Gasteiger partial charge in [0.2, 0.25) is 30.1 Å². The first-order chi connectivity index (χ1) is 67.7. The number of nitrogens with two attached hydrogens (primary N) is 1. The number of hydrogen-bond acceptors (Lipinski definition) is 25. The number of likely N-dealkylation sites (N-methyl/N-ethyl adjacent to an activating group) is 3. The Morgan fingerprint density at radius 1 is 0.338 bits per heavy atom. The van der Waals surface area contributed by atoms with Gasteiger partial charge in [0.1, 0.15) is 0 Å². The van der Waals surface area contributed by atoms with E-state index in [4.69, 9.17) is 139 Å². The lowest BCUT2D eigenvalue weighted by molar-refractivity contribution is 0.0167. The fourth-order valence-corrected chi connectivity index (χ4v) is 24.4. The zero-order valence-corrected chi connectivity index (χ0v) is 92.8. The second kappa shape index (κ2) is 64.9. The summed E-state index contributed by atoms with van der Waals surface area (Å²) in [4.78, 5) is 9.63. The predicted octanol–water partition coefficient (Wildman–Crippen LogP) is 15.9. The number of hydrogen-bond donors (Lipinski definition) is 4. The van der Waals surface area contributed by atoms with Crippen LogP contribution in [0.2, 0.25) is 30.1 Å². The van der Waals surface area contributed by atoms with E-state index in [1.165, 1.54) is 52.3 Å². The third-order valence-electron chi connectivity index (χ3n) is 22.7. The van der Waals surface area contributed by atoms with Crippen LogP contribution in [-0.4, -0.2) is 277 Å². The van der Waals surface area contributed by atoms with Crippen LogP contribution in [0.3, 0.4) is 0 Å². The minimum Gasteiger partial charge on any atom is -0.412 e. The molecule has 0 bridgehead atoms. The van der Waals surface area contributed by atoms with Gasteiger partial charge in [0.15, 0.2) is 19.7 Å². The molecule has 145 heavy (non-hydrogen) atoms. The zero-order valence-electron chi connectivity index (χ0n) is 81.0. The fraction of sp³-hybridized carbons (Fsp3) is 0.400. The van der Waals surface area contributed by atoms with Crippen molar-refractivity contribution in [3.05, 3.63) is 286 Å². The first kappa shape index (κ1) is 128. The Hall–Kier alpha value is -5.83. The Labute approximate surface area is 900 Å². The molecule has 3 aliphatic heterocycles. The van der Waals surface area contributed by atoms with Crippen LogP contribution >= 0.6 is 113 Å². The van der Waals surface area contributed by atoms with E-state index >= 15 is 0 Å². The van der Waals surface area contributed by atoms with Crippen LogP contribution < -0.4 is 19.9 Å². The maximum absolute atomic E-state index is 13.1. The van der Waals surface area contributed by atoms with Gasteiger partial charge >= 0.3 is 0 Å². The molecule has 45 heteroatoms. The van der Waals surface area contributed by atoms with Gasteiger partial charge < -0.3 is 85.0 Å². The molecule has 800 valence electrons. The van der Waals surface area contributed by atoms with Crippen molar-refractivity contribution in [1.82, 2.24) is 28.9 Å². The number of halogens is 8. The molecule has 10 aromatic rings. The molecule has 30 nitrogen and oxygen atoms in total. The molecule has 3 atom stereocenters. The second-order valence-corrected chi connectivity index (χ2v) is 47.5. The van der Waals surface area contributed by atoms with E-state index in [0.717, 1.165) is 97.0 Å². The Kier molecular flexibility index (Phi) is 57.2. The van der Waals surface area contributed by atoms with Crippen LogP contribution in [0.15, 0.2) is 241 Å². The number of nitrogens with one attached hydrogen (secondary N) is 3. The van der Waals surface area contributed by atoms with Crippen LogP contribution in [-0.2, 0) is 112 Å². The van der Waals surface area contributed by atoms with E-state index < -0.39 is 49.7 Å². The SMILES string of the molecule is CCCOCCOCCCS(=O)(=O)c1cccc(C2CN(C)Cc3c(Cl)cc(Cl)cc32)c1.CN1Cc2c(Cl)cc(Cl)cc2C(c2cccc(S(=O)(=O)NCCOCCOCCOCCN)c2)C1.COCCCS(=O)(=O)c1ccc(-c2ccc(S(=O)(=O)NCCOCCOCCOCCNS(=O)(=O)c3cccc(C4CN(C)Cc5c(Cl)cc(Cl)cc54)c3)cc2)cc1.ClSc1ccc(-c2ccc(SCl)cc2)cc1.O.O.O.O. The molecule has 0 spiro atoms. The van der Waals surface area contributed by atoms with E-state index in [9.17, 15) is 42.1 Å². The third-order valence-corrected chi connectivity index (χ3v) is 34.4. The predicted molar refractivity (Wildman–Crippen MR) is 582 cm³/mol. The number of rotatable bonds is 51. The summed E-state index contributed by atoms with van der Waals surface area (Å²) in [6.45, 7) is 13.4. The molecule has 13 rings (SSSR count). The highest BCUT2D eigenvalue weighted by atomic mass is 35.7. The molecule has 0 saturated carbocycles. The van der Waals surface area contributed by atoms with Crippen LogP contribution in [0, 0.1) is 0 Å². The monoisotopic (exact) mass is 2300 g/mol. The van der Waals surface area contributed by atoms with E-state index in [2.05, 4.69) is 60.1 Å². The molecular formula is C100H129Cl8N7O23S7. The topological polar surface area (TPSA) is 452 Å². The zero-order chi connectivity index (χ0) is 102. The number of benzene rings is 10. The lowest BCUT2D eigenvalue weighted by Gasteiger charge is -2.33. The number of methoxy groups -OCH3 is 1. The standard InChI is InChI=1S/C40H49Cl2N3O10S3.C24H33Cl2N3O5S.C24H31Cl2NO4S.C12H8Cl2S2.4H2O/c1-45-28-38(37-26-33(41)27-40(42)39(37)29-45)32-5-3-6-36(25-32)58(50,51)44-16-19-54-21-23-55-22-20-53-18-15-43-57(48,49)35-13-9-31(10-14-35)30-7-11-34(12-8-30)56(46,47)24-4-17-52-2;1-29-16-22(21-14-19(25)15-24(26)23(21)17-29)18-3-2-4-20(13-18)35(30,31)28-6-8-33-10-12-34-11-9-32-7-5-27;1-3-8-30-10-11-31-9-5-12-32(28,29)20-7-4-6-18(13-20)22-16-27(2)17-23-21(22)14-19(25)15-24(23)26;13-15-11-5-1-9(2-6-11)10-3-7-12(16-14)8-4-10;;;;/h3,5-14,25-27,38,43-44H,4,15-24,28-29H2,1-2H3;2-4,13-15,22,28H,5-12,16-17,27H2,1H3;4,6-7,13-15,22H,3,5,8-12,16-17H2,1-2H3;1-8H;4*1H2. The van der Waals surface area contributed by atoms with Crippen molar-refractivity contribution in [2.24, 2.45) is 5.73 Å². The highest BCUT2D eigenvalue weighted by Crippen LogP contribution is 2.43. The molecule has 0 aromatic heterocycles. The van der Waals surface area contributed by atoms with Gasteiger partial charge in [0.05, 0.1) is 128 Å². The molecule has 3 aliphatic rings. The van der Waals surface area contributed by atoms with Crippen molar-refractivity contribution < 1.29 is 107 Å². The maximum atomic E-state index is 13.1. The molecule has 13 N–H and O–H groups in total. The van der Waals surface area contributed by atoms with Gasteiger partial charge in [0, 0.05) is 150 Å². The smallest absolute Gasteiger partial charge is 0.240 e. The summed E-state index contributed by atoms with van der Waals surface area (Å²) in [6.07, 6.45) is 1.82. The first-order valence-electron chi connectivity index (χ1n) is 45.7. The van der Waals surface area contributed by atoms with Gasteiger partial charge in [-0.15, -0.1) is 0 Å². The summed E-state index contributed by atoms with van der Waals surface area (Å²) in [5.41, 5.74) is 18.0. The summed E-state index contributed by atoms with van der Waals surface area (Å²) in [5.74, 6) is -0.0935. The van der Waals surface area contributed by atoms with Gasteiger partial charge in [-0.2, -0.15) is 0 Å². The number of nitrogens with zero attached hydrogens (tertiary/aromatic N) is 3. The van der Waals surface area contributed by atoms with Crippen LogP contribution in [0.25, 0.3) is 22.3 Å². The summed E-state index contributed by atoms with van der Waals surface area (Å²) in [5, 5.41) is 3.56. The van der Waals surface area contributed by atoms with Gasteiger partial charge in [0.25, 0.3) is 0 Å². The van der Waals surface area contributed by atoms with Gasteiger partial charge in [-0.1, -0.05) is 161 Å². The molecule has 3 unspecified atom stereocenters. The highest BCUT2D eigenvalue weighted by Gasteiger charge is 2.33. The highest BCUT2D eigenvalue weighted by molar-refractivity contribution is 8.21. The number of ether oxygens (including phenoxy) is 9. The minimum atomic E-state index is -3.79. The molecule has 0 aliphatic carbocycles. The van der Waals surface area contributed by atoms with E-state index in [-0.39, 0.29) is 137 Å². The van der Waals surface area contributed by atoms with Crippen molar-refractivity contribution in [2.75, 3.05) is 198 Å². The molecule has 0 fully saturated rings. The molecule has 10 aromatic carbocycles. The lowest BCUT2D eigenvalue weighted by atomic mass is 9.85. The van der Waals surface area contributed by atoms with Crippen molar-refractivity contribution in [3.8, 4) is 22.3 Å². The Morgan fingerprint density at radius 3 is 0.952 bits per heavy atom. The van der Waals surface area contributed by atoms with Crippen molar-refractivity contribution in [1.29, 1.82) is 0 Å². The van der Waals surface area contributed by atoms with E-state index in [1.807, 2.05) is 87.9 Å². The molecule has 0 amide bonds. The lowest BCUT2D eigenvalue weighted by Crippen LogP contribution is -2.31. The van der Waals surface area contributed by atoms with Crippen molar-refractivity contribution in [2.45, 2.75) is 97.8 Å². The average Bonchev–Trinajstić information content (AvgIpc) is 0.776.